The number of aryl methyl sites for hydroxylation is 1. The molecule has 0 aliphatic carbocycles. The van der Waals surface area contributed by atoms with E-state index in [-0.39, 0.29) is 11.4 Å². The van der Waals surface area contributed by atoms with Crippen LogP contribution in [-0.4, -0.2) is 23.5 Å². The van der Waals surface area contributed by atoms with Crippen molar-refractivity contribution in [2.45, 2.75) is 39.8 Å². The van der Waals surface area contributed by atoms with Crippen LogP contribution in [0.4, 0.5) is 0 Å². The molecule has 122 valence electrons. The second-order valence-corrected chi connectivity index (χ2v) is 6.73. The normalized spacial score (nSPS) is 11.2. The minimum absolute atomic E-state index is 0.0431. The number of nitrogens with zero attached hydrogens (tertiary/aromatic N) is 1. The fourth-order valence-electron chi connectivity index (χ4n) is 2.53. The van der Waals surface area contributed by atoms with Crippen molar-refractivity contribution >= 4 is 5.91 Å². The van der Waals surface area contributed by atoms with Crippen LogP contribution in [0.2, 0.25) is 0 Å². The van der Waals surface area contributed by atoms with Gasteiger partial charge in [-0.2, -0.15) is 0 Å². The van der Waals surface area contributed by atoms with Crippen molar-refractivity contribution in [3.63, 3.8) is 0 Å². The van der Waals surface area contributed by atoms with Crippen molar-refractivity contribution in [2.24, 2.45) is 0 Å². The van der Waals surface area contributed by atoms with E-state index in [1.165, 1.54) is 0 Å². The van der Waals surface area contributed by atoms with Crippen molar-refractivity contribution in [3.05, 3.63) is 65.2 Å². The first-order chi connectivity index (χ1) is 10.8. The Bertz CT molecular complexity index is 672. The number of rotatable bonds is 4. The molecule has 2 rings (SSSR count). The third-order valence-electron chi connectivity index (χ3n) is 3.90. The Labute approximate surface area is 138 Å². The van der Waals surface area contributed by atoms with E-state index in [0.717, 1.165) is 22.4 Å². The van der Waals surface area contributed by atoms with E-state index in [1.54, 1.807) is 7.11 Å². The van der Waals surface area contributed by atoms with E-state index < -0.39 is 0 Å². The molecule has 23 heavy (non-hydrogen) atoms. The molecule has 0 atom stereocenters. The Morgan fingerprint density at radius 1 is 1.09 bits per heavy atom. The largest absolute Gasteiger partial charge is 0.497 e. The third-order valence-corrected chi connectivity index (χ3v) is 3.90. The van der Waals surface area contributed by atoms with Crippen LogP contribution in [0, 0.1) is 6.92 Å². The van der Waals surface area contributed by atoms with Gasteiger partial charge in [0.15, 0.2) is 0 Å². The van der Waals surface area contributed by atoms with E-state index in [2.05, 4.69) is 20.8 Å². The maximum atomic E-state index is 13.1. The summed E-state index contributed by atoms with van der Waals surface area (Å²) in [6.07, 6.45) is 0. The number of hydrogen-bond donors (Lipinski definition) is 0. The van der Waals surface area contributed by atoms with Crippen molar-refractivity contribution in [3.8, 4) is 5.75 Å². The molecule has 0 saturated heterocycles. The molecule has 0 spiro atoms. The lowest BCUT2D eigenvalue weighted by Gasteiger charge is -2.36. The maximum Gasteiger partial charge on any atom is 0.254 e. The van der Waals surface area contributed by atoms with Crippen LogP contribution in [-0.2, 0) is 6.54 Å². The highest BCUT2D eigenvalue weighted by Gasteiger charge is 2.28. The molecule has 3 heteroatoms. The van der Waals surface area contributed by atoms with Gasteiger partial charge in [0.05, 0.1) is 7.11 Å². The van der Waals surface area contributed by atoms with Gasteiger partial charge in [-0.3, -0.25) is 4.79 Å². The molecule has 0 unspecified atom stereocenters. The van der Waals surface area contributed by atoms with Gasteiger partial charge in [-0.1, -0.05) is 30.3 Å². The highest BCUT2D eigenvalue weighted by atomic mass is 16.5. The fourth-order valence-corrected chi connectivity index (χ4v) is 2.53. The standard InChI is InChI=1S/C20H25NO2/c1-15-13-17(23-5)11-12-18(15)19(22)21(20(2,3)4)14-16-9-7-6-8-10-16/h6-13H,14H2,1-5H3. The molecular formula is C20H25NO2. The molecule has 2 aromatic rings. The molecule has 1 amide bonds. The summed E-state index contributed by atoms with van der Waals surface area (Å²) < 4.78 is 5.23. The lowest BCUT2D eigenvalue weighted by atomic mass is 10.00. The van der Waals surface area contributed by atoms with Gasteiger partial charge in [0.1, 0.15) is 5.75 Å². The third kappa shape index (κ3) is 4.13. The van der Waals surface area contributed by atoms with E-state index in [4.69, 9.17) is 4.74 Å². The van der Waals surface area contributed by atoms with Crippen LogP contribution in [0.25, 0.3) is 0 Å². The monoisotopic (exact) mass is 311 g/mol. The number of ether oxygens (including phenoxy) is 1. The lowest BCUT2D eigenvalue weighted by Crippen LogP contribution is -2.45. The number of carbonyl (C=O) groups excluding carboxylic acids is 1. The predicted octanol–water partition coefficient (Wildman–Crippen LogP) is 4.44. The zero-order valence-electron chi connectivity index (χ0n) is 14.6. The summed E-state index contributed by atoms with van der Waals surface area (Å²) in [4.78, 5) is 15.0. The minimum Gasteiger partial charge on any atom is -0.497 e. The summed E-state index contributed by atoms with van der Waals surface area (Å²) in [7, 11) is 1.63. The van der Waals surface area contributed by atoms with E-state index in [9.17, 15) is 4.79 Å². The van der Waals surface area contributed by atoms with Crippen LogP contribution >= 0.6 is 0 Å². The first-order valence-electron chi connectivity index (χ1n) is 7.83. The summed E-state index contributed by atoms with van der Waals surface area (Å²) in [5, 5.41) is 0. The molecule has 0 N–H and O–H groups in total. The molecular weight excluding hydrogens is 286 g/mol. The molecule has 0 aromatic heterocycles. The van der Waals surface area contributed by atoms with Gasteiger partial charge < -0.3 is 9.64 Å². The number of amides is 1. The van der Waals surface area contributed by atoms with E-state index in [0.29, 0.717) is 6.54 Å². The fraction of sp³-hybridized carbons (Fsp3) is 0.350. The molecule has 0 fully saturated rings. The average molecular weight is 311 g/mol. The second-order valence-electron chi connectivity index (χ2n) is 6.73. The zero-order valence-corrected chi connectivity index (χ0v) is 14.6. The number of hydrogen-bond acceptors (Lipinski definition) is 2. The summed E-state index contributed by atoms with van der Waals surface area (Å²) in [5.41, 5.74) is 2.51. The highest BCUT2D eigenvalue weighted by molar-refractivity contribution is 5.96. The van der Waals surface area contributed by atoms with Crippen molar-refractivity contribution in [1.29, 1.82) is 0 Å². The predicted molar refractivity (Wildman–Crippen MR) is 93.8 cm³/mol. The molecule has 2 aromatic carbocycles. The molecule has 0 aliphatic rings. The molecule has 0 radical (unpaired) electrons. The van der Waals surface area contributed by atoms with Crippen LogP contribution in [0.15, 0.2) is 48.5 Å². The van der Waals surface area contributed by atoms with Crippen molar-refractivity contribution in [1.82, 2.24) is 4.90 Å². The number of benzene rings is 2. The van der Waals surface area contributed by atoms with Gasteiger partial charge in [0.2, 0.25) is 0 Å². The topological polar surface area (TPSA) is 29.5 Å². The van der Waals surface area contributed by atoms with Crippen molar-refractivity contribution in [2.75, 3.05) is 7.11 Å². The zero-order chi connectivity index (χ0) is 17.0. The molecule has 0 heterocycles. The Balaban J connectivity index is 2.34. The van der Waals surface area contributed by atoms with E-state index >= 15 is 0 Å². The lowest BCUT2D eigenvalue weighted by molar-refractivity contribution is 0.0558. The van der Waals surface area contributed by atoms with Crippen LogP contribution in [0.3, 0.4) is 0 Å². The van der Waals surface area contributed by atoms with Gasteiger partial charge in [-0.05, 0) is 57.0 Å². The molecule has 0 saturated carbocycles. The van der Waals surface area contributed by atoms with Gasteiger partial charge in [0.25, 0.3) is 5.91 Å². The Morgan fingerprint density at radius 2 is 1.74 bits per heavy atom. The molecule has 3 nitrogen and oxygen atoms in total. The van der Waals surface area contributed by atoms with Crippen LogP contribution in [0.1, 0.15) is 42.3 Å². The average Bonchev–Trinajstić information content (AvgIpc) is 2.51. The molecule has 0 bridgehead atoms. The Hall–Kier alpha value is -2.29. The Kier molecular flexibility index (Phi) is 5.09. The smallest absolute Gasteiger partial charge is 0.254 e. The summed E-state index contributed by atoms with van der Waals surface area (Å²) in [6.45, 7) is 8.72. The summed E-state index contributed by atoms with van der Waals surface area (Å²) >= 11 is 0. The Morgan fingerprint density at radius 3 is 2.26 bits per heavy atom. The molecule has 0 aliphatic heterocycles. The minimum atomic E-state index is -0.265. The second kappa shape index (κ2) is 6.86. The number of methoxy groups -OCH3 is 1. The van der Waals surface area contributed by atoms with Crippen molar-refractivity contribution < 1.29 is 9.53 Å². The van der Waals surface area contributed by atoms with Gasteiger partial charge in [0, 0.05) is 17.6 Å². The quantitative estimate of drug-likeness (QED) is 0.835. The highest BCUT2D eigenvalue weighted by Crippen LogP contribution is 2.24. The first kappa shape index (κ1) is 17.1. The van der Waals surface area contributed by atoms with Gasteiger partial charge in [-0.25, -0.2) is 0 Å². The summed E-state index contributed by atoms with van der Waals surface area (Å²) in [5.74, 6) is 0.811. The van der Waals surface area contributed by atoms with Gasteiger partial charge >= 0.3 is 0 Å². The maximum absolute atomic E-state index is 13.1. The first-order valence-corrected chi connectivity index (χ1v) is 7.83. The summed E-state index contributed by atoms with van der Waals surface area (Å²) in [6, 6.07) is 15.7. The van der Waals surface area contributed by atoms with Crippen LogP contribution in [0.5, 0.6) is 5.75 Å². The van der Waals surface area contributed by atoms with E-state index in [1.807, 2.05) is 60.4 Å². The van der Waals surface area contributed by atoms with Gasteiger partial charge in [-0.15, -0.1) is 0 Å². The van der Waals surface area contributed by atoms with Crippen LogP contribution < -0.4 is 4.74 Å². The SMILES string of the molecule is COc1ccc(C(=O)N(Cc2ccccc2)C(C)(C)C)c(C)c1. The number of carbonyl (C=O) groups is 1.